The Balaban J connectivity index is 1.41. The molecule has 4 aromatic carbocycles. The van der Waals surface area contributed by atoms with E-state index in [2.05, 4.69) is 6.08 Å². The Labute approximate surface area is 200 Å². The van der Waals surface area contributed by atoms with Crippen LogP contribution in [0.5, 0.6) is 5.75 Å². The van der Waals surface area contributed by atoms with E-state index in [0.29, 0.717) is 24.6 Å². The third-order valence-electron chi connectivity index (χ3n) is 5.87. The zero-order valence-corrected chi connectivity index (χ0v) is 19.5. The van der Waals surface area contributed by atoms with E-state index in [1.54, 1.807) is 16.4 Å². The number of rotatable bonds is 6. The summed E-state index contributed by atoms with van der Waals surface area (Å²) in [6.07, 6.45) is 2.06. The van der Waals surface area contributed by atoms with Gasteiger partial charge in [-0.1, -0.05) is 91.0 Å². The van der Waals surface area contributed by atoms with Gasteiger partial charge < -0.3 is 4.74 Å². The van der Waals surface area contributed by atoms with Crippen LogP contribution in [-0.4, -0.2) is 19.3 Å². The molecule has 5 rings (SSSR count). The summed E-state index contributed by atoms with van der Waals surface area (Å²) >= 11 is 0. The van der Waals surface area contributed by atoms with Gasteiger partial charge in [0.25, 0.3) is 0 Å². The van der Waals surface area contributed by atoms with E-state index in [0.717, 1.165) is 33.6 Å². The fourth-order valence-electron chi connectivity index (χ4n) is 4.11. The first-order chi connectivity index (χ1) is 16.6. The van der Waals surface area contributed by atoms with Gasteiger partial charge in [0.1, 0.15) is 12.4 Å². The van der Waals surface area contributed by atoms with Gasteiger partial charge in [0.2, 0.25) is 10.0 Å². The molecule has 1 aliphatic heterocycles. The minimum Gasteiger partial charge on any atom is -0.489 e. The summed E-state index contributed by atoms with van der Waals surface area (Å²) in [6.45, 7) is 1.17. The van der Waals surface area contributed by atoms with Crippen molar-refractivity contribution in [3.05, 3.63) is 131 Å². The molecule has 4 nitrogen and oxygen atoms in total. The largest absolute Gasteiger partial charge is 0.489 e. The average Bonchev–Trinajstić information content (AvgIpc) is 2.88. The first-order valence-electron chi connectivity index (χ1n) is 11.2. The molecular weight excluding hydrogens is 442 g/mol. The maximum Gasteiger partial charge on any atom is 0.244 e. The zero-order chi connectivity index (χ0) is 23.4. The van der Waals surface area contributed by atoms with Crippen molar-refractivity contribution in [1.82, 2.24) is 4.31 Å². The van der Waals surface area contributed by atoms with Crippen molar-refractivity contribution in [2.45, 2.75) is 18.0 Å². The predicted octanol–water partition coefficient (Wildman–Crippen LogP) is 6.01. The van der Waals surface area contributed by atoms with Crippen LogP contribution in [0.25, 0.3) is 11.6 Å². The molecule has 0 spiro atoms. The highest BCUT2D eigenvalue weighted by Crippen LogP contribution is 2.35. The molecule has 5 heteroatoms. The molecule has 0 amide bonds. The van der Waals surface area contributed by atoms with E-state index >= 15 is 0 Å². The minimum absolute atomic E-state index is 0.320. The SMILES string of the molecule is O=S1(=O)c2ccccc2/C(=C/c2ccc(OCc3ccccc3)cc2)CN1Cc1ccccc1. The highest BCUT2D eigenvalue weighted by atomic mass is 32.2. The van der Waals surface area contributed by atoms with Crippen molar-refractivity contribution >= 4 is 21.7 Å². The Bertz CT molecular complexity index is 1400. The lowest BCUT2D eigenvalue weighted by Gasteiger charge is -2.30. The molecule has 0 aliphatic carbocycles. The van der Waals surface area contributed by atoms with Crippen LogP contribution in [0.1, 0.15) is 22.3 Å². The summed E-state index contributed by atoms with van der Waals surface area (Å²) in [7, 11) is -3.57. The zero-order valence-electron chi connectivity index (χ0n) is 18.7. The summed E-state index contributed by atoms with van der Waals surface area (Å²) < 4.78 is 34.1. The lowest BCUT2D eigenvalue weighted by Crippen LogP contribution is -2.36. The molecule has 34 heavy (non-hydrogen) atoms. The fourth-order valence-corrected chi connectivity index (χ4v) is 5.74. The third-order valence-corrected chi connectivity index (χ3v) is 7.72. The predicted molar refractivity (Wildman–Crippen MR) is 136 cm³/mol. The number of fused-ring (bicyclic) bond motifs is 1. The van der Waals surface area contributed by atoms with Gasteiger partial charge in [0, 0.05) is 13.1 Å². The van der Waals surface area contributed by atoms with E-state index in [1.807, 2.05) is 97.1 Å². The Hall–Kier alpha value is -3.67. The Kier molecular flexibility index (Phi) is 6.30. The Morgan fingerprint density at radius 1 is 0.735 bits per heavy atom. The smallest absolute Gasteiger partial charge is 0.244 e. The molecule has 0 radical (unpaired) electrons. The molecule has 0 saturated heterocycles. The molecule has 170 valence electrons. The summed E-state index contributed by atoms with van der Waals surface area (Å²) in [5, 5.41) is 0. The van der Waals surface area contributed by atoms with Crippen molar-refractivity contribution in [1.29, 1.82) is 0 Å². The second kappa shape index (κ2) is 9.67. The summed E-state index contributed by atoms with van der Waals surface area (Å²) in [5.41, 5.74) is 4.81. The normalized spacial score (nSPS) is 16.2. The monoisotopic (exact) mass is 467 g/mol. The summed E-state index contributed by atoms with van der Waals surface area (Å²) in [4.78, 5) is 0.353. The van der Waals surface area contributed by atoms with Crippen LogP contribution in [0.4, 0.5) is 0 Å². The fraction of sp³-hybridized carbons (Fsp3) is 0.103. The first-order valence-corrected chi connectivity index (χ1v) is 12.6. The van der Waals surface area contributed by atoms with Crippen LogP contribution >= 0.6 is 0 Å². The number of hydrogen-bond acceptors (Lipinski definition) is 3. The van der Waals surface area contributed by atoms with Crippen LogP contribution in [0.15, 0.2) is 114 Å². The van der Waals surface area contributed by atoms with Crippen molar-refractivity contribution in [2.75, 3.05) is 6.54 Å². The van der Waals surface area contributed by atoms with Gasteiger partial charge in [0.15, 0.2) is 0 Å². The Morgan fingerprint density at radius 3 is 2.06 bits per heavy atom. The molecule has 4 aromatic rings. The lowest BCUT2D eigenvalue weighted by molar-refractivity contribution is 0.306. The molecule has 0 unspecified atom stereocenters. The molecule has 0 saturated carbocycles. The summed E-state index contributed by atoms with van der Waals surface area (Å²) in [6, 6.07) is 34.9. The molecule has 0 bridgehead atoms. The molecule has 1 heterocycles. The van der Waals surface area contributed by atoms with E-state index in [4.69, 9.17) is 4.74 Å². The maximum absolute atomic E-state index is 13.3. The quantitative estimate of drug-likeness (QED) is 0.349. The Morgan fingerprint density at radius 2 is 1.35 bits per heavy atom. The van der Waals surface area contributed by atoms with E-state index in [9.17, 15) is 8.42 Å². The number of sulfonamides is 1. The van der Waals surface area contributed by atoms with Crippen LogP contribution in [-0.2, 0) is 23.2 Å². The number of hydrogen-bond donors (Lipinski definition) is 0. The second-order valence-corrected chi connectivity index (χ2v) is 10.2. The van der Waals surface area contributed by atoms with Gasteiger partial charge >= 0.3 is 0 Å². The van der Waals surface area contributed by atoms with Crippen molar-refractivity contribution < 1.29 is 13.2 Å². The van der Waals surface area contributed by atoms with Crippen LogP contribution < -0.4 is 4.74 Å². The average molecular weight is 468 g/mol. The lowest BCUT2D eigenvalue weighted by atomic mass is 10.0. The molecule has 0 fully saturated rings. The number of benzene rings is 4. The van der Waals surface area contributed by atoms with Crippen molar-refractivity contribution in [3.8, 4) is 5.75 Å². The van der Waals surface area contributed by atoms with Crippen LogP contribution in [0.2, 0.25) is 0 Å². The standard InChI is InChI=1S/C29H25NO3S/c31-34(32)29-14-8-7-13-28(29)26(21-30(34)20-24-9-3-1-4-10-24)19-23-15-17-27(18-16-23)33-22-25-11-5-2-6-12-25/h1-19H,20-22H2/b26-19+. The van der Waals surface area contributed by atoms with Crippen molar-refractivity contribution in [2.24, 2.45) is 0 Å². The third kappa shape index (κ3) is 4.81. The van der Waals surface area contributed by atoms with Gasteiger partial charge in [0.05, 0.1) is 4.90 Å². The van der Waals surface area contributed by atoms with Gasteiger partial charge in [-0.25, -0.2) is 8.42 Å². The summed E-state index contributed by atoms with van der Waals surface area (Å²) in [5.74, 6) is 0.795. The molecule has 0 aromatic heterocycles. The maximum atomic E-state index is 13.3. The number of nitrogens with zero attached hydrogens (tertiary/aromatic N) is 1. The molecule has 1 aliphatic rings. The molecule has 0 atom stereocenters. The van der Waals surface area contributed by atoms with Crippen LogP contribution in [0, 0.1) is 0 Å². The van der Waals surface area contributed by atoms with E-state index in [-0.39, 0.29) is 0 Å². The van der Waals surface area contributed by atoms with E-state index in [1.165, 1.54) is 0 Å². The van der Waals surface area contributed by atoms with Gasteiger partial charge in [-0.15, -0.1) is 0 Å². The van der Waals surface area contributed by atoms with Gasteiger partial charge in [-0.05, 0) is 52.1 Å². The highest BCUT2D eigenvalue weighted by molar-refractivity contribution is 7.89. The second-order valence-electron chi connectivity index (χ2n) is 8.27. The molecular formula is C29H25NO3S. The topological polar surface area (TPSA) is 46.6 Å². The van der Waals surface area contributed by atoms with Crippen molar-refractivity contribution in [3.63, 3.8) is 0 Å². The van der Waals surface area contributed by atoms with Gasteiger partial charge in [-0.3, -0.25) is 0 Å². The van der Waals surface area contributed by atoms with E-state index < -0.39 is 10.0 Å². The first kappa shape index (κ1) is 22.1. The minimum atomic E-state index is -3.57. The number of ether oxygens (including phenoxy) is 1. The van der Waals surface area contributed by atoms with Crippen LogP contribution in [0.3, 0.4) is 0 Å². The molecule has 0 N–H and O–H groups in total. The highest BCUT2D eigenvalue weighted by Gasteiger charge is 2.33. The van der Waals surface area contributed by atoms with Gasteiger partial charge in [-0.2, -0.15) is 4.31 Å².